The number of hydrogen-bond acceptors (Lipinski definition) is 7. The number of carbonyl (C=O) groups is 2. The topological polar surface area (TPSA) is 116 Å². The van der Waals surface area contributed by atoms with Crippen molar-refractivity contribution in [1.29, 1.82) is 0 Å². The second-order valence-corrected chi connectivity index (χ2v) is 13.0. The van der Waals surface area contributed by atoms with E-state index < -0.39 is 5.97 Å². The second kappa shape index (κ2) is 11.3. The minimum atomic E-state index is -0.998. The summed E-state index contributed by atoms with van der Waals surface area (Å²) in [6, 6.07) is 8.50. The monoisotopic (exact) mass is 550 g/mol. The summed E-state index contributed by atoms with van der Waals surface area (Å²) in [6.07, 6.45) is 4.90. The van der Waals surface area contributed by atoms with Crippen molar-refractivity contribution in [2.45, 2.75) is 71.4 Å². The van der Waals surface area contributed by atoms with Gasteiger partial charge in [0, 0.05) is 25.3 Å². The Morgan fingerprint density at radius 1 is 1.15 bits per heavy atom. The molecule has 3 heterocycles. The Morgan fingerprint density at radius 2 is 1.92 bits per heavy atom. The van der Waals surface area contributed by atoms with E-state index in [0.717, 1.165) is 73.3 Å². The van der Waals surface area contributed by atoms with Crippen molar-refractivity contribution in [2.24, 2.45) is 11.3 Å². The number of fused-ring (bicyclic) bond motifs is 2. The molecule has 0 saturated carbocycles. The summed E-state index contributed by atoms with van der Waals surface area (Å²) >= 11 is 1.31. The average Bonchev–Trinajstić information content (AvgIpc) is 3.32. The molecule has 2 aromatic heterocycles. The number of amides is 1. The maximum absolute atomic E-state index is 13.5. The number of aromatic nitrogens is 2. The number of thiazole rings is 1. The van der Waals surface area contributed by atoms with Gasteiger partial charge in [-0.1, -0.05) is 44.2 Å². The van der Waals surface area contributed by atoms with Gasteiger partial charge in [0.2, 0.25) is 0 Å². The number of aryl methyl sites for hydroxylation is 1. The molecular formula is C30H38N4O4S. The van der Waals surface area contributed by atoms with E-state index in [-0.39, 0.29) is 29.0 Å². The number of nitrogens with zero attached hydrogens (tertiary/aromatic N) is 3. The van der Waals surface area contributed by atoms with E-state index in [2.05, 4.69) is 42.0 Å². The van der Waals surface area contributed by atoms with Crippen LogP contribution in [0, 0.1) is 11.3 Å². The van der Waals surface area contributed by atoms with Crippen molar-refractivity contribution < 1.29 is 19.8 Å². The van der Waals surface area contributed by atoms with E-state index in [1.807, 2.05) is 6.07 Å². The van der Waals surface area contributed by atoms with Crippen molar-refractivity contribution in [3.8, 4) is 0 Å². The van der Waals surface area contributed by atoms with Gasteiger partial charge in [-0.25, -0.2) is 14.8 Å². The minimum absolute atomic E-state index is 0.191. The first-order valence-corrected chi connectivity index (χ1v) is 14.7. The van der Waals surface area contributed by atoms with Crippen LogP contribution in [-0.4, -0.2) is 62.7 Å². The lowest BCUT2D eigenvalue weighted by Gasteiger charge is -2.34. The molecular weight excluding hydrogens is 512 g/mol. The molecule has 0 spiro atoms. The average molecular weight is 551 g/mol. The zero-order chi connectivity index (χ0) is 27.7. The van der Waals surface area contributed by atoms with Crippen LogP contribution in [0.1, 0.15) is 89.5 Å². The third-order valence-electron chi connectivity index (χ3n) is 8.30. The van der Waals surface area contributed by atoms with Crippen LogP contribution in [0.2, 0.25) is 0 Å². The fourth-order valence-corrected chi connectivity index (χ4v) is 6.58. The molecule has 1 saturated heterocycles. The quantitative estimate of drug-likeness (QED) is 0.385. The molecule has 1 amide bonds. The maximum atomic E-state index is 13.5. The summed E-state index contributed by atoms with van der Waals surface area (Å²) in [5.41, 5.74) is 4.30. The highest BCUT2D eigenvalue weighted by molar-refractivity contribution is 7.19. The highest BCUT2D eigenvalue weighted by Crippen LogP contribution is 2.38. The Bertz CT molecular complexity index is 1360. The number of pyridine rings is 1. The Labute approximate surface area is 233 Å². The van der Waals surface area contributed by atoms with Gasteiger partial charge in [0.15, 0.2) is 5.01 Å². The van der Waals surface area contributed by atoms with Crippen molar-refractivity contribution >= 4 is 33.6 Å². The summed E-state index contributed by atoms with van der Waals surface area (Å²) in [6.45, 7) is 9.21. The largest absolute Gasteiger partial charge is 0.478 e. The number of aliphatic hydroxyl groups is 1. The summed E-state index contributed by atoms with van der Waals surface area (Å²) in [4.78, 5) is 37.7. The predicted molar refractivity (Wildman–Crippen MR) is 152 cm³/mol. The van der Waals surface area contributed by atoms with Gasteiger partial charge in [0.1, 0.15) is 10.3 Å². The molecule has 8 nitrogen and oxygen atoms in total. The summed E-state index contributed by atoms with van der Waals surface area (Å²) in [7, 11) is 0. The predicted octanol–water partition coefficient (Wildman–Crippen LogP) is 4.86. The van der Waals surface area contributed by atoms with E-state index in [0.29, 0.717) is 17.3 Å². The van der Waals surface area contributed by atoms with Gasteiger partial charge in [0.25, 0.3) is 5.91 Å². The first-order chi connectivity index (χ1) is 18.6. The van der Waals surface area contributed by atoms with Crippen molar-refractivity contribution in [3.05, 3.63) is 57.7 Å². The van der Waals surface area contributed by atoms with Crippen LogP contribution in [0.5, 0.6) is 0 Å². The first-order valence-electron chi connectivity index (χ1n) is 13.9. The molecule has 3 aromatic rings. The molecule has 39 heavy (non-hydrogen) atoms. The Balaban J connectivity index is 1.35. The molecule has 1 aliphatic heterocycles. The molecule has 0 radical (unpaired) electrons. The number of carboxylic acid groups (broad SMARTS) is 1. The molecule has 5 rings (SSSR count). The number of hydrogen-bond donors (Lipinski definition) is 3. The smallest absolute Gasteiger partial charge is 0.335 e. The number of benzene rings is 1. The lowest BCUT2D eigenvalue weighted by molar-refractivity contribution is 0.0696. The van der Waals surface area contributed by atoms with Crippen molar-refractivity contribution in [1.82, 2.24) is 20.2 Å². The molecule has 2 aliphatic rings. The lowest BCUT2D eigenvalue weighted by atomic mass is 9.71. The van der Waals surface area contributed by atoms with Gasteiger partial charge < -0.3 is 20.4 Å². The van der Waals surface area contributed by atoms with Crippen LogP contribution in [0.15, 0.2) is 30.3 Å². The Morgan fingerprint density at radius 3 is 2.64 bits per heavy atom. The third kappa shape index (κ3) is 6.48. The number of aromatic carboxylic acids is 1. The third-order valence-corrected chi connectivity index (χ3v) is 9.26. The Kier molecular flexibility index (Phi) is 8.03. The van der Waals surface area contributed by atoms with E-state index in [1.165, 1.54) is 16.9 Å². The molecule has 1 fully saturated rings. The van der Waals surface area contributed by atoms with Crippen molar-refractivity contribution in [3.63, 3.8) is 0 Å². The zero-order valence-corrected chi connectivity index (χ0v) is 23.8. The first kappa shape index (κ1) is 27.7. The maximum Gasteiger partial charge on any atom is 0.335 e. The van der Waals surface area contributed by atoms with Crippen LogP contribution >= 0.6 is 11.3 Å². The van der Waals surface area contributed by atoms with Gasteiger partial charge in [0.05, 0.1) is 17.7 Å². The van der Waals surface area contributed by atoms with Gasteiger partial charge in [-0.2, -0.15) is 0 Å². The van der Waals surface area contributed by atoms with Crippen LogP contribution in [-0.2, 0) is 12.8 Å². The van der Waals surface area contributed by atoms with Gasteiger partial charge >= 0.3 is 5.97 Å². The molecule has 208 valence electrons. The molecule has 3 N–H and O–H groups in total. The van der Waals surface area contributed by atoms with Crippen LogP contribution in [0.4, 0.5) is 0 Å². The van der Waals surface area contributed by atoms with Gasteiger partial charge in [-0.15, -0.1) is 0 Å². The fourth-order valence-electron chi connectivity index (χ4n) is 5.73. The summed E-state index contributed by atoms with van der Waals surface area (Å²) in [5, 5.41) is 22.8. The molecule has 0 unspecified atom stereocenters. The van der Waals surface area contributed by atoms with E-state index in [9.17, 15) is 19.8 Å². The molecule has 0 bridgehead atoms. The number of carboxylic acids is 1. The van der Waals surface area contributed by atoms with Crippen LogP contribution in [0.25, 0.3) is 10.3 Å². The normalized spacial score (nSPS) is 19.5. The standard InChI is InChI=1S/C30H38N4O4S/c1-30(2,3)21-7-8-23-20(16-21)17-25-27(32-23)39-28(33-25)26(36)31-24(11-14-34-12-9-22(35)10-13-34)18-5-4-6-19(15-18)29(37)38/h4-6,15,17,21-22,24,35H,7-14,16H2,1-3H3,(H,31,36)(H,37,38)/t21-,24+/m0/s1. The van der Waals surface area contributed by atoms with Crippen molar-refractivity contribution in [2.75, 3.05) is 19.6 Å². The highest BCUT2D eigenvalue weighted by atomic mass is 32.1. The molecule has 2 atom stereocenters. The van der Waals surface area contributed by atoms with Crippen LogP contribution in [0.3, 0.4) is 0 Å². The summed E-state index contributed by atoms with van der Waals surface area (Å²) in [5.74, 6) is -0.679. The van der Waals surface area contributed by atoms with E-state index in [1.54, 1.807) is 18.2 Å². The van der Waals surface area contributed by atoms with Gasteiger partial charge in [-0.05, 0) is 79.2 Å². The summed E-state index contributed by atoms with van der Waals surface area (Å²) < 4.78 is 0. The lowest BCUT2D eigenvalue weighted by Crippen LogP contribution is -2.38. The SMILES string of the molecule is CC(C)(C)[C@H]1CCc2nc3sc(C(=O)N[C@H](CCN4CCC(O)CC4)c4cccc(C(=O)O)c4)nc3cc2C1. The highest BCUT2D eigenvalue weighted by Gasteiger charge is 2.30. The number of piperidine rings is 1. The van der Waals surface area contributed by atoms with E-state index in [4.69, 9.17) is 4.98 Å². The van der Waals surface area contributed by atoms with E-state index >= 15 is 0 Å². The van der Waals surface area contributed by atoms with Crippen LogP contribution < -0.4 is 5.32 Å². The number of carbonyl (C=O) groups excluding carboxylic acids is 1. The molecule has 1 aromatic carbocycles. The number of likely N-dealkylation sites (tertiary alicyclic amines) is 1. The number of nitrogens with one attached hydrogen (secondary N) is 1. The fraction of sp³-hybridized carbons (Fsp3) is 0.533. The number of rotatable bonds is 7. The Hall–Kier alpha value is -2.88. The molecule has 9 heteroatoms. The minimum Gasteiger partial charge on any atom is -0.478 e. The molecule has 1 aliphatic carbocycles. The number of aliphatic hydroxyl groups excluding tert-OH is 1. The second-order valence-electron chi connectivity index (χ2n) is 12.1. The zero-order valence-electron chi connectivity index (χ0n) is 22.9. The van der Waals surface area contributed by atoms with Gasteiger partial charge in [-0.3, -0.25) is 4.79 Å².